The fraction of sp³-hybridized carbons (Fsp3) is 0. The van der Waals surface area contributed by atoms with E-state index in [-0.39, 0.29) is 0 Å². The number of benzene rings is 7. The second kappa shape index (κ2) is 7.57. The van der Waals surface area contributed by atoms with E-state index in [1.54, 1.807) is 0 Å². The smallest absolute Gasteiger partial charge is 0.000764 e. The fourth-order valence-electron chi connectivity index (χ4n) is 5.66. The molecule has 0 radical (unpaired) electrons. The van der Waals surface area contributed by atoms with Gasteiger partial charge in [-0.05, 0) is 65.3 Å². The third-order valence-corrected chi connectivity index (χ3v) is 7.02. The molecule has 0 fully saturated rings. The topological polar surface area (TPSA) is 0 Å². The van der Waals surface area contributed by atoms with E-state index in [0.717, 1.165) is 0 Å². The molecule has 0 heterocycles. The summed E-state index contributed by atoms with van der Waals surface area (Å²) in [5.74, 6) is 0. The molecule has 0 spiro atoms. The monoisotopic (exact) mass is 430 g/mol. The van der Waals surface area contributed by atoms with Crippen molar-refractivity contribution in [2.24, 2.45) is 0 Å². The Morgan fingerprint density at radius 1 is 0.235 bits per heavy atom. The van der Waals surface area contributed by atoms with Crippen LogP contribution in [0.5, 0.6) is 0 Å². The second-order valence-corrected chi connectivity index (χ2v) is 8.87. The van der Waals surface area contributed by atoms with Gasteiger partial charge in [0.25, 0.3) is 0 Å². The van der Waals surface area contributed by atoms with Crippen LogP contribution in [0.1, 0.15) is 0 Å². The lowest BCUT2D eigenvalue weighted by Gasteiger charge is -2.21. The molecule has 7 rings (SSSR count). The first-order chi connectivity index (χ1) is 16.9. The van der Waals surface area contributed by atoms with Crippen molar-refractivity contribution in [1.82, 2.24) is 0 Å². The Balaban J connectivity index is 1.89. The van der Waals surface area contributed by atoms with Gasteiger partial charge in [0.2, 0.25) is 0 Å². The summed E-state index contributed by atoms with van der Waals surface area (Å²) in [6, 6.07) is 48.4. The van der Waals surface area contributed by atoms with Crippen molar-refractivity contribution >= 4 is 43.1 Å². The summed E-state index contributed by atoms with van der Waals surface area (Å²) in [4.78, 5) is 0. The first kappa shape index (κ1) is 19.1. The molecule has 7 aromatic rings. The number of hydrogen-bond donors (Lipinski definition) is 0. The highest BCUT2D eigenvalue weighted by Crippen LogP contribution is 2.49. The van der Waals surface area contributed by atoms with E-state index in [1.807, 2.05) is 0 Å². The minimum Gasteiger partial charge on any atom is -0.0622 e. The van der Waals surface area contributed by atoms with Gasteiger partial charge in [-0.15, -0.1) is 0 Å². The predicted molar refractivity (Wildman–Crippen MR) is 147 cm³/mol. The molecule has 0 aliphatic carbocycles. The van der Waals surface area contributed by atoms with Gasteiger partial charge in [-0.1, -0.05) is 133 Å². The van der Waals surface area contributed by atoms with Gasteiger partial charge in [0.05, 0.1) is 0 Å². The van der Waals surface area contributed by atoms with Crippen molar-refractivity contribution in [3.63, 3.8) is 0 Å². The summed E-state index contributed by atoms with van der Waals surface area (Å²) in [6.07, 6.45) is 0. The van der Waals surface area contributed by atoms with Crippen molar-refractivity contribution < 1.29 is 0 Å². The van der Waals surface area contributed by atoms with Gasteiger partial charge in [-0.3, -0.25) is 0 Å². The highest BCUT2D eigenvalue weighted by Gasteiger charge is 2.21. The van der Waals surface area contributed by atoms with Gasteiger partial charge >= 0.3 is 0 Å². The van der Waals surface area contributed by atoms with Crippen molar-refractivity contribution in [1.29, 1.82) is 0 Å². The van der Waals surface area contributed by atoms with E-state index in [2.05, 4.69) is 133 Å². The SMILES string of the molecule is c1ccc(-c2c(-c3ccccc3)c3c4ccccc4c4ccccc4c3c3ccccc23)cc1. The summed E-state index contributed by atoms with van der Waals surface area (Å²) >= 11 is 0. The normalized spacial score (nSPS) is 11.5. The van der Waals surface area contributed by atoms with E-state index in [4.69, 9.17) is 0 Å². The highest BCUT2D eigenvalue weighted by molar-refractivity contribution is 6.37. The molecule has 7 aromatic carbocycles. The Labute approximate surface area is 198 Å². The van der Waals surface area contributed by atoms with Crippen molar-refractivity contribution in [3.8, 4) is 22.3 Å². The Morgan fingerprint density at radius 2 is 0.588 bits per heavy atom. The largest absolute Gasteiger partial charge is 0.0622 e. The van der Waals surface area contributed by atoms with Gasteiger partial charge in [0.1, 0.15) is 0 Å². The molecular formula is C34H22. The van der Waals surface area contributed by atoms with E-state index in [1.165, 1.54) is 65.3 Å². The van der Waals surface area contributed by atoms with E-state index in [0.29, 0.717) is 0 Å². The quantitative estimate of drug-likeness (QED) is 0.239. The number of fused-ring (bicyclic) bond motifs is 8. The Kier molecular flexibility index (Phi) is 4.25. The van der Waals surface area contributed by atoms with Crippen LogP contribution in [0.2, 0.25) is 0 Å². The van der Waals surface area contributed by atoms with Gasteiger partial charge in [0, 0.05) is 0 Å². The Hall–Kier alpha value is -4.42. The Morgan fingerprint density at radius 3 is 1.12 bits per heavy atom. The van der Waals surface area contributed by atoms with Gasteiger partial charge in [-0.25, -0.2) is 0 Å². The van der Waals surface area contributed by atoms with E-state index < -0.39 is 0 Å². The van der Waals surface area contributed by atoms with Crippen LogP contribution in [-0.4, -0.2) is 0 Å². The zero-order valence-electron chi connectivity index (χ0n) is 18.7. The molecule has 0 saturated carbocycles. The molecule has 0 saturated heterocycles. The fourth-order valence-corrected chi connectivity index (χ4v) is 5.66. The molecule has 0 unspecified atom stereocenters. The molecule has 0 aliphatic rings. The third kappa shape index (κ3) is 2.72. The highest BCUT2D eigenvalue weighted by atomic mass is 14.2. The first-order valence-electron chi connectivity index (χ1n) is 11.8. The lowest BCUT2D eigenvalue weighted by atomic mass is 9.81. The predicted octanol–water partition coefficient (Wildman–Crippen LogP) is 9.63. The van der Waals surface area contributed by atoms with Crippen LogP contribution in [0.4, 0.5) is 0 Å². The number of hydrogen-bond acceptors (Lipinski definition) is 0. The lowest BCUT2D eigenvalue weighted by Crippen LogP contribution is -1.94. The maximum Gasteiger partial charge on any atom is -0.000764 e. The standard InChI is InChI=1S/C34H22/c1-3-13-23(14-4-1)31-29-21-11-12-22-30(29)33-27-19-9-7-17-25(27)26-18-8-10-20-28(26)34(33)32(31)24-15-5-2-6-16-24/h1-22H. The van der Waals surface area contributed by atoms with Crippen LogP contribution in [0, 0.1) is 0 Å². The van der Waals surface area contributed by atoms with Crippen LogP contribution in [0.3, 0.4) is 0 Å². The maximum atomic E-state index is 2.29. The summed E-state index contributed by atoms with van der Waals surface area (Å²) < 4.78 is 0. The first-order valence-corrected chi connectivity index (χ1v) is 11.8. The molecule has 0 heteroatoms. The summed E-state index contributed by atoms with van der Waals surface area (Å²) in [7, 11) is 0. The van der Waals surface area contributed by atoms with Crippen LogP contribution in [0.25, 0.3) is 65.3 Å². The number of rotatable bonds is 2. The molecule has 34 heavy (non-hydrogen) atoms. The molecule has 0 N–H and O–H groups in total. The molecule has 0 aromatic heterocycles. The van der Waals surface area contributed by atoms with Crippen molar-refractivity contribution in [3.05, 3.63) is 133 Å². The zero-order chi connectivity index (χ0) is 22.5. The van der Waals surface area contributed by atoms with Gasteiger partial charge < -0.3 is 0 Å². The van der Waals surface area contributed by atoms with Crippen molar-refractivity contribution in [2.75, 3.05) is 0 Å². The summed E-state index contributed by atoms with van der Waals surface area (Å²) in [6.45, 7) is 0. The van der Waals surface area contributed by atoms with E-state index in [9.17, 15) is 0 Å². The van der Waals surface area contributed by atoms with Crippen LogP contribution in [0.15, 0.2) is 133 Å². The van der Waals surface area contributed by atoms with Crippen molar-refractivity contribution in [2.45, 2.75) is 0 Å². The lowest BCUT2D eigenvalue weighted by molar-refractivity contribution is 1.63. The van der Waals surface area contributed by atoms with E-state index >= 15 is 0 Å². The molecule has 0 aliphatic heterocycles. The van der Waals surface area contributed by atoms with Gasteiger partial charge in [0.15, 0.2) is 0 Å². The minimum atomic E-state index is 1.25. The molecule has 0 amide bonds. The average Bonchev–Trinajstić information content (AvgIpc) is 2.93. The third-order valence-electron chi connectivity index (χ3n) is 7.02. The minimum absolute atomic E-state index is 1.25. The average molecular weight is 431 g/mol. The molecule has 158 valence electrons. The second-order valence-electron chi connectivity index (χ2n) is 8.87. The molecular weight excluding hydrogens is 408 g/mol. The van der Waals surface area contributed by atoms with Crippen LogP contribution in [-0.2, 0) is 0 Å². The molecule has 0 bridgehead atoms. The van der Waals surface area contributed by atoms with Gasteiger partial charge in [-0.2, -0.15) is 0 Å². The maximum absolute atomic E-state index is 2.29. The summed E-state index contributed by atoms with van der Waals surface area (Å²) in [5.41, 5.74) is 5.10. The molecule has 0 atom stereocenters. The summed E-state index contributed by atoms with van der Waals surface area (Å²) in [5, 5.41) is 10.5. The molecule has 0 nitrogen and oxygen atoms in total. The zero-order valence-corrected chi connectivity index (χ0v) is 18.7. The van der Waals surface area contributed by atoms with Crippen LogP contribution < -0.4 is 0 Å². The Bertz CT molecular complexity index is 1820. The van der Waals surface area contributed by atoms with Crippen LogP contribution >= 0.6 is 0 Å².